The van der Waals surface area contributed by atoms with Crippen molar-refractivity contribution in [3.05, 3.63) is 41.8 Å². The van der Waals surface area contributed by atoms with Gasteiger partial charge in [-0.25, -0.2) is 4.39 Å². The molecule has 1 aromatic carbocycles. The lowest BCUT2D eigenvalue weighted by Gasteiger charge is -2.33. The summed E-state index contributed by atoms with van der Waals surface area (Å²) in [6.45, 7) is 2.12. The van der Waals surface area contributed by atoms with Crippen LogP contribution in [-0.4, -0.2) is 34.1 Å². The van der Waals surface area contributed by atoms with E-state index in [1.807, 2.05) is 0 Å². The third-order valence-electron chi connectivity index (χ3n) is 3.84. The molecule has 0 unspecified atom stereocenters. The number of carbonyl (C=O) groups is 1. The van der Waals surface area contributed by atoms with Crippen molar-refractivity contribution in [1.29, 1.82) is 0 Å². The highest BCUT2D eigenvalue weighted by atomic mass is 19.1. The van der Waals surface area contributed by atoms with Gasteiger partial charge in [-0.3, -0.25) is 4.79 Å². The third kappa shape index (κ3) is 3.49. The van der Waals surface area contributed by atoms with Crippen LogP contribution in [0.4, 0.5) is 4.39 Å². The van der Waals surface area contributed by atoms with E-state index in [1.54, 1.807) is 24.0 Å². The van der Waals surface area contributed by atoms with Gasteiger partial charge in [0.25, 0.3) is 5.91 Å². The molecule has 1 aliphatic rings. The number of piperidine rings is 1. The lowest BCUT2D eigenvalue weighted by molar-refractivity contribution is -0.138. The van der Waals surface area contributed by atoms with Gasteiger partial charge in [0.2, 0.25) is 5.89 Å². The Labute approximate surface area is 133 Å². The number of nitrogens with zero attached hydrogens (tertiary/aromatic N) is 3. The van der Waals surface area contributed by atoms with E-state index < -0.39 is 5.82 Å². The van der Waals surface area contributed by atoms with E-state index in [0.29, 0.717) is 18.3 Å². The van der Waals surface area contributed by atoms with Gasteiger partial charge in [-0.15, -0.1) is 0 Å². The molecule has 0 aliphatic carbocycles. The van der Waals surface area contributed by atoms with Crippen molar-refractivity contribution in [1.82, 2.24) is 15.0 Å². The van der Waals surface area contributed by atoms with E-state index in [2.05, 4.69) is 10.1 Å². The SMILES string of the molecule is Cc1noc([C@H]2CCCCN2C(=O)COc2ccccc2F)n1. The Hall–Kier alpha value is -2.44. The van der Waals surface area contributed by atoms with Crippen LogP contribution in [0.3, 0.4) is 0 Å². The molecule has 0 N–H and O–H groups in total. The van der Waals surface area contributed by atoms with E-state index in [0.717, 1.165) is 19.3 Å². The number of para-hydroxylation sites is 1. The zero-order valence-corrected chi connectivity index (χ0v) is 12.9. The number of aryl methyl sites for hydroxylation is 1. The fourth-order valence-electron chi connectivity index (χ4n) is 2.72. The standard InChI is InChI=1S/C16H18FN3O3/c1-11-18-16(23-19-11)13-7-4-5-9-20(13)15(21)10-22-14-8-3-2-6-12(14)17/h2-3,6,8,13H,4-5,7,9-10H2,1H3/t13-/m1/s1. The molecule has 1 atom stereocenters. The number of benzene rings is 1. The molecule has 3 rings (SSSR count). The smallest absolute Gasteiger partial charge is 0.261 e. The van der Waals surface area contributed by atoms with Gasteiger partial charge in [-0.05, 0) is 38.3 Å². The van der Waals surface area contributed by atoms with E-state index in [4.69, 9.17) is 9.26 Å². The zero-order valence-electron chi connectivity index (χ0n) is 12.9. The molecular formula is C16H18FN3O3. The van der Waals surface area contributed by atoms with Gasteiger partial charge in [0.05, 0.1) is 0 Å². The van der Waals surface area contributed by atoms with Gasteiger partial charge in [0, 0.05) is 6.54 Å². The Morgan fingerprint density at radius 1 is 1.43 bits per heavy atom. The lowest BCUT2D eigenvalue weighted by Crippen LogP contribution is -2.41. The lowest BCUT2D eigenvalue weighted by atomic mass is 10.0. The quantitative estimate of drug-likeness (QED) is 0.866. The zero-order chi connectivity index (χ0) is 16.2. The molecule has 0 saturated carbocycles. The van der Waals surface area contributed by atoms with Crippen LogP contribution in [0, 0.1) is 12.7 Å². The van der Waals surface area contributed by atoms with E-state index in [-0.39, 0.29) is 24.3 Å². The molecule has 6 nitrogen and oxygen atoms in total. The normalized spacial score (nSPS) is 18.0. The number of likely N-dealkylation sites (tertiary alicyclic amines) is 1. The second-order valence-electron chi connectivity index (χ2n) is 5.50. The molecule has 23 heavy (non-hydrogen) atoms. The van der Waals surface area contributed by atoms with Crippen molar-refractivity contribution >= 4 is 5.91 Å². The van der Waals surface area contributed by atoms with Crippen molar-refractivity contribution in [2.24, 2.45) is 0 Å². The average Bonchev–Trinajstić information content (AvgIpc) is 3.00. The molecule has 1 amide bonds. The molecule has 1 aromatic heterocycles. The van der Waals surface area contributed by atoms with Gasteiger partial charge >= 0.3 is 0 Å². The van der Waals surface area contributed by atoms with Crippen LogP contribution < -0.4 is 4.74 Å². The summed E-state index contributed by atoms with van der Waals surface area (Å²) in [6, 6.07) is 5.79. The molecule has 1 saturated heterocycles. The van der Waals surface area contributed by atoms with Crippen LogP contribution in [0.5, 0.6) is 5.75 Å². The van der Waals surface area contributed by atoms with Crippen LogP contribution in [-0.2, 0) is 4.79 Å². The Kier molecular flexibility index (Phi) is 4.55. The van der Waals surface area contributed by atoms with Crippen LogP contribution in [0.25, 0.3) is 0 Å². The fourth-order valence-corrected chi connectivity index (χ4v) is 2.72. The first-order valence-corrected chi connectivity index (χ1v) is 7.62. The number of hydrogen-bond donors (Lipinski definition) is 0. The summed E-state index contributed by atoms with van der Waals surface area (Å²) >= 11 is 0. The number of carbonyl (C=O) groups excluding carboxylic acids is 1. The van der Waals surface area contributed by atoms with Gasteiger partial charge in [-0.2, -0.15) is 4.98 Å². The van der Waals surface area contributed by atoms with Gasteiger partial charge in [-0.1, -0.05) is 17.3 Å². The predicted molar refractivity (Wildman–Crippen MR) is 79.2 cm³/mol. The summed E-state index contributed by atoms with van der Waals surface area (Å²) in [6.07, 6.45) is 2.67. The van der Waals surface area contributed by atoms with E-state index in [1.165, 1.54) is 12.1 Å². The van der Waals surface area contributed by atoms with Crippen molar-refractivity contribution in [2.75, 3.05) is 13.2 Å². The van der Waals surface area contributed by atoms with Crippen molar-refractivity contribution in [2.45, 2.75) is 32.2 Å². The number of halogens is 1. The third-order valence-corrected chi connectivity index (χ3v) is 3.84. The Bertz CT molecular complexity index is 689. The molecular weight excluding hydrogens is 301 g/mol. The minimum absolute atomic E-state index is 0.0723. The van der Waals surface area contributed by atoms with Gasteiger partial charge in [0.15, 0.2) is 24.0 Å². The first-order valence-electron chi connectivity index (χ1n) is 7.62. The number of aromatic nitrogens is 2. The first-order chi connectivity index (χ1) is 11.1. The van der Waals surface area contributed by atoms with Crippen molar-refractivity contribution < 1.29 is 18.4 Å². The highest BCUT2D eigenvalue weighted by Crippen LogP contribution is 2.30. The maximum absolute atomic E-state index is 13.5. The Balaban J connectivity index is 1.68. The molecule has 1 fully saturated rings. The van der Waals surface area contributed by atoms with E-state index in [9.17, 15) is 9.18 Å². The molecule has 2 aromatic rings. The molecule has 7 heteroatoms. The largest absolute Gasteiger partial charge is 0.481 e. The summed E-state index contributed by atoms with van der Waals surface area (Å²) < 4.78 is 24.1. The Morgan fingerprint density at radius 2 is 2.26 bits per heavy atom. The maximum atomic E-state index is 13.5. The van der Waals surface area contributed by atoms with E-state index >= 15 is 0 Å². The average molecular weight is 319 g/mol. The van der Waals surface area contributed by atoms with Crippen LogP contribution in [0.2, 0.25) is 0 Å². The number of hydrogen-bond acceptors (Lipinski definition) is 5. The second kappa shape index (κ2) is 6.76. The molecule has 122 valence electrons. The minimum atomic E-state index is -0.483. The molecule has 0 radical (unpaired) electrons. The van der Waals surface area contributed by atoms with Crippen LogP contribution in [0.1, 0.15) is 37.0 Å². The summed E-state index contributed by atoms with van der Waals surface area (Å²) in [4.78, 5) is 18.4. The second-order valence-corrected chi connectivity index (χ2v) is 5.50. The monoisotopic (exact) mass is 319 g/mol. The molecule has 0 bridgehead atoms. The van der Waals surface area contributed by atoms with Crippen molar-refractivity contribution in [3.63, 3.8) is 0 Å². The molecule has 0 spiro atoms. The predicted octanol–water partition coefficient (Wildman–Crippen LogP) is 2.65. The molecule has 1 aliphatic heterocycles. The number of rotatable bonds is 4. The molecule has 2 heterocycles. The summed E-state index contributed by atoms with van der Waals surface area (Å²) in [5.74, 6) is 0.363. The highest BCUT2D eigenvalue weighted by Gasteiger charge is 2.32. The summed E-state index contributed by atoms with van der Waals surface area (Å²) in [5.41, 5.74) is 0. The van der Waals surface area contributed by atoms with Gasteiger partial charge in [0.1, 0.15) is 6.04 Å². The van der Waals surface area contributed by atoms with Crippen molar-refractivity contribution in [3.8, 4) is 5.75 Å². The highest BCUT2D eigenvalue weighted by molar-refractivity contribution is 5.78. The topological polar surface area (TPSA) is 68.5 Å². The first kappa shape index (κ1) is 15.5. The van der Waals surface area contributed by atoms with Gasteiger partial charge < -0.3 is 14.2 Å². The van der Waals surface area contributed by atoms with Crippen LogP contribution in [0.15, 0.2) is 28.8 Å². The fraction of sp³-hybridized carbons (Fsp3) is 0.438. The summed E-state index contributed by atoms with van der Waals surface area (Å²) in [7, 11) is 0. The minimum Gasteiger partial charge on any atom is -0.481 e. The number of ether oxygens (including phenoxy) is 1. The van der Waals surface area contributed by atoms with Crippen LogP contribution >= 0.6 is 0 Å². The maximum Gasteiger partial charge on any atom is 0.261 e. The summed E-state index contributed by atoms with van der Waals surface area (Å²) in [5, 5.41) is 3.79. The number of amides is 1. The Morgan fingerprint density at radius 3 is 3.00 bits per heavy atom.